The van der Waals surface area contributed by atoms with Crippen molar-refractivity contribution in [1.29, 1.82) is 0 Å². The van der Waals surface area contributed by atoms with E-state index in [1.54, 1.807) is 0 Å². The van der Waals surface area contributed by atoms with Gasteiger partial charge in [-0.25, -0.2) is 0 Å². The number of rotatable bonds is 4. The van der Waals surface area contributed by atoms with Gasteiger partial charge in [-0.05, 0) is 33.2 Å². The maximum atomic E-state index is 5.59. The van der Waals surface area contributed by atoms with Crippen molar-refractivity contribution in [3.8, 4) is 0 Å². The van der Waals surface area contributed by atoms with Gasteiger partial charge in [0.2, 0.25) is 0 Å². The van der Waals surface area contributed by atoms with E-state index < -0.39 is 0 Å². The van der Waals surface area contributed by atoms with Crippen LogP contribution >= 0.6 is 0 Å². The molecule has 1 atom stereocenters. The SMILES string of the molecule is CNC1(CCN2CCOC(C)C2)CCCCC1. The Morgan fingerprint density at radius 3 is 2.71 bits per heavy atom. The first-order valence-corrected chi connectivity index (χ1v) is 7.27. The lowest BCUT2D eigenvalue weighted by atomic mass is 9.79. The monoisotopic (exact) mass is 240 g/mol. The molecule has 0 aromatic heterocycles. The van der Waals surface area contributed by atoms with Crippen LogP contribution in [0.1, 0.15) is 45.4 Å². The average molecular weight is 240 g/mol. The normalized spacial score (nSPS) is 30.4. The molecule has 2 fully saturated rings. The number of ether oxygens (including phenoxy) is 1. The molecule has 3 nitrogen and oxygen atoms in total. The summed E-state index contributed by atoms with van der Waals surface area (Å²) in [7, 11) is 2.15. The topological polar surface area (TPSA) is 24.5 Å². The summed E-state index contributed by atoms with van der Waals surface area (Å²) in [6.45, 7) is 6.55. The fraction of sp³-hybridized carbons (Fsp3) is 1.00. The molecule has 0 bridgehead atoms. The van der Waals surface area contributed by atoms with Crippen molar-refractivity contribution in [3.63, 3.8) is 0 Å². The van der Waals surface area contributed by atoms with Crippen molar-refractivity contribution in [2.45, 2.75) is 57.1 Å². The molecule has 1 aliphatic carbocycles. The molecule has 100 valence electrons. The fourth-order valence-electron chi connectivity index (χ4n) is 3.32. The number of hydrogen-bond donors (Lipinski definition) is 1. The third kappa shape index (κ3) is 3.67. The summed E-state index contributed by atoms with van der Waals surface area (Å²) in [6, 6.07) is 0. The standard InChI is InChI=1S/C14H28N2O/c1-13-12-16(10-11-17-13)9-8-14(15-2)6-4-3-5-7-14/h13,15H,3-12H2,1-2H3. The Kier molecular flexibility index (Phi) is 4.83. The second-order valence-corrected chi connectivity index (χ2v) is 5.82. The number of morpholine rings is 1. The molecule has 17 heavy (non-hydrogen) atoms. The van der Waals surface area contributed by atoms with Crippen molar-refractivity contribution in [1.82, 2.24) is 10.2 Å². The molecule has 0 amide bonds. The van der Waals surface area contributed by atoms with Crippen LogP contribution in [0.5, 0.6) is 0 Å². The van der Waals surface area contributed by atoms with Gasteiger partial charge in [0.05, 0.1) is 12.7 Å². The van der Waals surface area contributed by atoms with E-state index in [0.29, 0.717) is 11.6 Å². The molecule has 1 saturated heterocycles. The van der Waals surface area contributed by atoms with Crippen molar-refractivity contribution in [2.24, 2.45) is 0 Å². The van der Waals surface area contributed by atoms with Crippen LogP contribution in [0, 0.1) is 0 Å². The molecule has 0 aromatic carbocycles. The first-order valence-electron chi connectivity index (χ1n) is 7.27. The minimum absolute atomic E-state index is 0.417. The number of nitrogens with zero attached hydrogens (tertiary/aromatic N) is 1. The summed E-state index contributed by atoms with van der Waals surface area (Å²) in [5, 5.41) is 3.61. The van der Waals surface area contributed by atoms with Crippen LogP contribution in [-0.4, -0.2) is 49.8 Å². The first kappa shape index (κ1) is 13.3. The van der Waals surface area contributed by atoms with E-state index in [2.05, 4.69) is 24.2 Å². The highest BCUT2D eigenvalue weighted by Gasteiger charge is 2.30. The van der Waals surface area contributed by atoms with Crippen molar-refractivity contribution in [3.05, 3.63) is 0 Å². The van der Waals surface area contributed by atoms with Gasteiger partial charge in [0.1, 0.15) is 0 Å². The molecular weight excluding hydrogens is 212 g/mol. The molecular formula is C14H28N2O. The van der Waals surface area contributed by atoms with E-state index >= 15 is 0 Å². The second kappa shape index (κ2) is 6.17. The Morgan fingerprint density at radius 2 is 2.06 bits per heavy atom. The van der Waals surface area contributed by atoms with Gasteiger partial charge in [-0.3, -0.25) is 4.90 Å². The summed E-state index contributed by atoms with van der Waals surface area (Å²) in [4.78, 5) is 2.57. The molecule has 1 heterocycles. The Hall–Kier alpha value is -0.120. The Balaban J connectivity index is 1.78. The van der Waals surface area contributed by atoms with Gasteiger partial charge in [0, 0.05) is 25.2 Å². The van der Waals surface area contributed by atoms with Crippen molar-refractivity contribution < 1.29 is 4.74 Å². The lowest BCUT2D eigenvalue weighted by Gasteiger charge is -2.40. The summed E-state index contributed by atoms with van der Waals surface area (Å²) in [6.07, 6.45) is 8.68. The quantitative estimate of drug-likeness (QED) is 0.813. The lowest BCUT2D eigenvalue weighted by Crippen LogP contribution is -2.49. The summed E-state index contributed by atoms with van der Waals surface area (Å²) >= 11 is 0. The van der Waals surface area contributed by atoms with E-state index in [1.807, 2.05) is 0 Å². The highest BCUT2D eigenvalue weighted by atomic mass is 16.5. The highest BCUT2D eigenvalue weighted by Crippen LogP contribution is 2.31. The first-order chi connectivity index (χ1) is 8.24. The minimum atomic E-state index is 0.417. The van der Waals surface area contributed by atoms with Gasteiger partial charge in [0.15, 0.2) is 0 Å². The molecule has 0 aromatic rings. The van der Waals surface area contributed by atoms with Gasteiger partial charge < -0.3 is 10.1 Å². The van der Waals surface area contributed by atoms with Gasteiger partial charge in [-0.2, -0.15) is 0 Å². The third-order valence-electron chi connectivity index (χ3n) is 4.57. The van der Waals surface area contributed by atoms with Crippen LogP contribution in [0.3, 0.4) is 0 Å². The van der Waals surface area contributed by atoms with Crippen LogP contribution in [0.2, 0.25) is 0 Å². The Bertz CT molecular complexity index is 226. The maximum Gasteiger partial charge on any atom is 0.0674 e. The van der Waals surface area contributed by atoms with Crippen LogP contribution in [0.4, 0.5) is 0 Å². The molecule has 1 unspecified atom stereocenters. The van der Waals surface area contributed by atoms with Gasteiger partial charge in [0.25, 0.3) is 0 Å². The summed E-state index contributed by atoms with van der Waals surface area (Å²) < 4.78 is 5.59. The Morgan fingerprint density at radius 1 is 1.29 bits per heavy atom. The van der Waals surface area contributed by atoms with Crippen LogP contribution in [0.25, 0.3) is 0 Å². The molecule has 1 saturated carbocycles. The van der Waals surface area contributed by atoms with Crippen LogP contribution in [0.15, 0.2) is 0 Å². The maximum absolute atomic E-state index is 5.59. The summed E-state index contributed by atoms with van der Waals surface area (Å²) in [5.74, 6) is 0. The number of nitrogens with one attached hydrogen (secondary N) is 1. The zero-order valence-corrected chi connectivity index (χ0v) is 11.5. The van der Waals surface area contributed by atoms with Crippen molar-refractivity contribution >= 4 is 0 Å². The number of hydrogen-bond acceptors (Lipinski definition) is 3. The van der Waals surface area contributed by atoms with Gasteiger partial charge in [-0.1, -0.05) is 19.3 Å². The lowest BCUT2D eigenvalue weighted by molar-refractivity contribution is -0.0214. The van der Waals surface area contributed by atoms with E-state index in [0.717, 1.165) is 19.7 Å². The smallest absolute Gasteiger partial charge is 0.0674 e. The van der Waals surface area contributed by atoms with Crippen molar-refractivity contribution in [2.75, 3.05) is 33.3 Å². The highest BCUT2D eigenvalue weighted by molar-refractivity contribution is 4.90. The molecule has 1 aliphatic heterocycles. The van der Waals surface area contributed by atoms with Gasteiger partial charge in [-0.15, -0.1) is 0 Å². The average Bonchev–Trinajstić information content (AvgIpc) is 2.38. The zero-order valence-electron chi connectivity index (χ0n) is 11.5. The second-order valence-electron chi connectivity index (χ2n) is 5.82. The molecule has 2 rings (SSSR count). The molecule has 0 spiro atoms. The third-order valence-corrected chi connectivity index (χ3v) is 4.57. The van der Waals surface area contributed by atoms with E-state index in [-0.39, 0.29) is 0 Å². The molecule has 0 radical (unpaired) electrons. The van der Waals surface area contributed by atoms with Crippen LogP contribution in [-0.2, 0) is 4.74 Å². The van der Waals surface area contributed by atoms with Gasteiger partial charge >= 0.3 is 0 Å². The Labute approximate surface area is 106 Å². The minimum Gasteiger partial charge on any atom is -0.376 e. The predicted molar refractivity (Wildman–Crippen MR) is 71.3 cm³/mol. The van der Waals surface area contributed by atoms with E-state index in [4.69, 9.17) is 4.74 Å². The molecule has 3 heteroatoms. The summed E-state index contributed by atoms with van der Waals surface area (Å²) in [5.41, 5.74) is 0.430. The molecule has 2 aliphatic rings. The zero-order chi connectivity index (χ0) is 12.1. The largest absolute Gasteiger partial charge is 0.376 e. The molecule has 1 N–H and O–H groups in total. The fourth-order valence-corrected chi connectivity index (χ4v) is 3.32. The van der Waals surface area contributed by atoms with E-state index in [1.165, 1.54) is 45.1 Å². The van der Waals surface area contributed by atoms with E-state index in [9.17, 15) is 0 Å². The predicted octanol–water partition coefficient (Wildman–Crippen LogP) is 2.02. The van der Waals surface area contributed by atoms with Crippen LogP contribution < -0.4 is 5.32 Å².